The van der Waals surface area contributed by atoms with Gasteiger partial charge in [-0.3, -0.25) is 14.5 Å². The summed E-state index contributed by atoms with van der Waals surface area (Å²) in [5, 5.41) is 11.7. The Hall–Kier alpha value is -3.13. The maximum absolute atomic E-state index is 13.1. The molecule has 8 heteroatoms. The molecule has 0 aromatic heterocycles. The van der Waals surface area contributed by atoms with Crippen molar-refractivity contribution in [2.24, 2.45) is 0 Å². The number of ether oxygens (including phenoxy) is 2. The summed E-state index contributed by atoms with van der Waals surface area (Å²) in [6.07, 6.45) is 1.64. The molecule has 2 fully saturated rings. The van der Waals surface area contributed by atoms with Crippen LogP contribution in [0.2, 0.25) is 5.02 Å². The third kappa shape index (κ3) is 5.17. The van der Waals surface area contributed by atoms with E-state index in [4.69, 9.17) is 21.1 Å². The van der Waals surface area contributed by atoms with E-state index in [2.05, 4.69) is 11.5 Å². The Bertz CT molecular complexity index is 1080. The van der Waals surface area contributed by atoms with Gasteiger partial charge in [0.1, 0.15) is 18.1 Å². The van der Waals surface area contributed by atoms with E-state index in [1.807, 2.05) is 0 Å². The molecule has 2 aromatic carbocycles. The number of Topliss-reactive ketones (excluding diaryl/α,β-unsaturated/α-hetero) is 1. The number of aliphatic hydroxyl groups is 1. The highest BCUT2D eigenvalue weighted by atomic mass is 35.5. The van der Waals surface area contributed by atoms with Crippen molar-refractivity contribution in [3.63, 3.8) is 0 Å². The molecule has 1 N–H and O–H groups in total. The topological polar surface area (TPSA) is 79.3 Å². The number of hydrogen-bond donors (Lipinski definition) is 1. The Morgan fingerprint density at radius 1 is 1.09 bits per heavy atom. The zero-order valence-corrected chi connectivity index (χ0v) is 19.5. The first-order valence-corrected chi connectivity index (χ1v) is 11.6. The van der Waals surface area contributed by atoms with Crippen molar-refractivity contribution in [1.82, 2.24) is 9.80 Å². The predicted octanol–water partition coefficient (Wildman–Crippen LogP) is 3.66. The molecule has 7 nitrogen and oxygen atoms in total. The molecule has 0 aliphatic carbocycles. The minimum Gasteiger partial charge on any atom is -0.507 e. The second-order valence-corrected chi connectivity index (χ2v) is 8.56. The summed E-state index contributed by atoms with van der Waals surface area (Å²) in [7, 11) is 0. The molecule has 178 valence electrons. The van der Waals surface area contributed by atoms with Crippen molar-refractivity contribution in [2.45, 2.75) is 6.04 Å². The molecule has 0 bridgehead atoms. The molecule has 1 unspecified atom stereocenters. The number of morpholine rings is 1. The van der Waals surface area contributed by atoms with E-state index in [1.54, 1.807) is 54.6 Å². The predicted molar refractivity (Wildman–Crippen MR) is 130 cm³/mol. The van der Waals surface area contributed by atoms with Gasteiger partial charge in [-0.05, 0) is 42.0 Å². The summed E-state index contributed by atoms with van der Waals surface area (Å²) in [5.41, 5.74) is 1.20. The second-order valence-electron chi connectivity index (χ2n) is 8.12. The molecular formula is C26H27ClN2O5. The number of halogens is 1. The first-order chi connectivity index (χ1) is 16.5. The van der Waals surface area contributed by atoms with E-state index in [0.29, 0.717) is 54.8 Å². The van der Waals surface area contributed by atoms with E-state index in [0.717, 1.165) is 13.1 Å². The highest BCUT2D eigenvalue weighted by Crippen LogP contribution is 2.39. The van der Waals surface area contributed by atoms with Gasteiger partial charge in [-0.25, -0.2) is 0 Å². The van der Waals surface area contributed by atoms with Gasteiger partial charge in [0, 0.05) is 36.8 Å². The van der Waals surface area contributed by atoms with Crippen LogP contribution in [-0.2, 0) is 14.3 Å². The van der Waals surface area contributed by atoms with E-state index < -0.39 is 17.7 Å². The normalized spacial score (nSPS) is 20.5. The van der Waals surface area contributed by atoms with Gasteiger partial charge in [-0.15, -0.1) is 0 Å². The molecule has 34 heavy (non-hydrogen) atoms. The molecule has 0 spiro atoms. The lowest BCUT2D eigenvalue weighted by Crippen LogP contribution is -2.42. The highest BCUT2D eigenvalue weighted by molar-refractivity contribution is 6.46. The maximum Gasteiger partial charge on any atom is 0.295 e. The Labute approximate surface area is 203 Å². The zero-order valence-electron chi connectivity index (χ0n) is 18.8. The standard InChI is InChI=1S/C26H27ClN2O5/c1-2-15-34-21-9-5-19(6-10-21)24(30)22-23(18-3-7-20(27)8-4-18)29(26(32)25(22)31)12-11-28-13-16-33-17-14-28/h2-10,23,30H,1,11-17H2/b24-22-. The van der Waals surface area contributed by atoms with Crippen molar-refractivity contribution in [1.29, 1.82) is 0 Å². The number of carbonyl (C=O) groups excluding carboxylic acids is 2. The number of carbonyl (C=O) groups is 2. The van der Waals surface area contributed by atoms with Crippen LogP contribution >= 0.6 is 11.6 Å². The van der Waals surface area contributed by atoms with Crippen molar-refractivity contribution < 1.29 is 24.2 Å². The Morgan fingerprint density at radius 2 is 1.76 bits per heavy atom. The van der Waals surface area contributed by atoms with Crippen LogP contribution in [0.5, 0.6) is 5.75 Å². The van der Waals surface area contributed by atoms with E-state index in [9.17, 15) is 14.7 Å². The van der Waals surface area contributed by atoms with Gasteiger partial charge in [-0.2, -0.15) is 0 Å². The van der Waals surface area contributed by atoms with E-state index in [1.165, 1.54) is 4.90 Å². The number of likely N-dealkylation sites (tertiary alicyclic amines) is 1. The molecule has 2 aliphatic rings. The molecular weight excluding hydrogens is 456 g/mol. The van der Waals surface area contributed by atoms with Gasteiger partial charge in [-0.1, -0.05) is 36.4 Å². The number of amides is 1. The summed E-state index contributed by atoms with van der Waals surface area (Å²) < 4.78 is 10.9. The van der Waals surface area contributed by atoms with Gasteiger partial charge in [0.2, 0.25) is 0 Å². The van der Waals surface area contributed by atoms with Crippen molar-refractivity contribution in [3.8, 4) is 5.75 Å². The summed E-state index contributed by atoms with van der Waals surface area (Å²) in [6.45, 7) is 7.77. The van der Waals surface area contributed by atoms with Gasteiger partial charge in [0.15, 0.2) is 0 Å². The average molecular weight is 483 g/mol. The Morgan fingerprint density at radius 3 is 2.41 bits per heavy atom. The number of ketones is 1. The van der Waals surface area contributed by atoms with Crippen molar-refractivity contribution in [3.05, 3.63) is 82.9 Å². The molecule has 0 radical (unpaired) electrons. The molecule has 0 saturated carbocycles. The summed E-state index contributed by atoms with van der Waals surface area (Å²) in [5.74, 6) is -0.939. The average Bonchev–Trinajstić information content (AvgIpc) is 3.12. The summed E-state index contributed by atoms with van der Waals surface area (Å²) in [6, 6.07) is 13.0. The molecule has 2 aliphatic heterocycles. The quantitative estimate of drug-likeness (QED) is 0.268. The number of benzene rings is 2. The monoisotopic (exact) mass is 482 g/mol. The van der Waals surface area contributed by atoms with Gasteiger partial charge in [0.25, 0.3) is 11.7 Å². The van der Waals surface area contributed by atoms with Crippen LogP contribution in [0.25, 0.3) is 5.76 Å². The zero-order chi connectivity index (χ0) is 24.1. The van der Waals surface area contributed by atoms with Crippen LogP contribution in [0.4, 0.5) is 0 Å². The lowest BCUT2D eigenvalue weighted by molar-refractivity contribution is -0.140. The molecule has 2 aromatic rings. The van der Waals surface area contributed by atoms with Crippen molar-refractivity contribution in [2.75, 3.05) is 46.0 Å². The van der Waals surface area contributed by atoms with E-state index >= 15 is 0 Å². The highest BCUT2D eigenvalue weighted by Gasteiger charge is 2.46. The third-order valence-electron chi connectivity index (χ3n) is 5.98. The molecule has 1 atom stereocenters. The second kappa shape index (κ2) is 10.9. The van der Waals surface area contributed by atoms with Gasteiger partial charge >= 0.3 is 0 Å². The molecule has 1 amide bonds. The maximum atomic E-state index is 13.1. The van der Waals surface area contributed by atoms with E-state index in [-0.39, 0.29) is 11.3 Å². The Kier molecular flexibility index (Phi) is 7.67. The number of aliphatic hydroxyl groups excluding tert-OH is 1. The van der Waals surface area contributed by atoms with Gasteiger partial charge < -0.3 is 19.5 Å². The molecule has 2 heterocycles. The van der Waals surface area contributed by atoms with Crippen LogP contribution in [0, 0.1) is 0 Å². The third-order valence-corrected chi connectivity index (χ3v) is 6.23. The largest absolute Gasteiger partial charge is 0.507 e. The fourth-order valence-corrected chi connectivity index (χ4v) is 4.32. The van der Waals surface area contributed by atoms with Crippen LogP contribution in [0.15, 0.2) is 66.8 Å². The van der Waals surface area contributed by atoms with Crippen LogP contribution < -0.4 is 4.74 Å². The first kappa shape index (κ1) is 24.0. The number of nitrogens with zero attached hydrogens (tertiary/aromatic N) is 2. The lowest BCUT2D eigenvalue weighted by atomic mass is 9.95. The fraction of sp³-hybridized carbons (Fsp3) is 0.308. The lowest BCUT2D eigenvalue weighted by Gasteiger charge is -2.31. The molecule has 4 rings (SSSR count). The fourth-order valence-electron chi connectivity index (χ4n) is 4.20. The minimum atomic E-state index is -0.713. The number of hydrogen-bond acceptors (Lipinski definition) is 6. The van der Waals surface area contributed by atoms with Crippen LogP contribution in [0.3, 0.4) is 0 Å². The minimum absolute atomic E-state index is 0.0639. The summed E-state index contributed by atoms with van der Waals surface area (Å²) in [4.78, 5) is 29.9. The van der Waals surface area contributed by atoms with Crippen molar-refractivity contribution >= 4 is 29.1 Å². The number of rotatable bonds is 8. The summed E-state index contributed by atoms with van der Waals surface area (Å²) >= 11 is 6.08. The molecule has 2 saturated heterocycles. The smallest absolute Gasteiger partial charge is 0.295 e. The van der Waals surface area contributed by atoms with Crippen LogP contribution in [0.1, 0.15) is 17.2 Å². The first-order valence-electron chi connectivity index (χ1n) is 11.2. The van der Waals surface area contributed by atoms with Gasteiger partial charge in [0.05, 0.1) is 24.8 Å². The Balaban J connectivity index is 1.68. The van der Waals surface area contributed by atoms with Crippen LogP contribution in [-0.4, -0.2) is 72.6 Å². The SMILES string of the molecule is C=CCOc1ccc(/C(O)=C2/C(=O)C(=O)N(CCN3CCOCC3)C2c2ccc(Cl)cc2)cc1.